The van der Waals surface area contributed by atoms with Crippen molar-refractivity contribution in [1.29, 1.82) is 0 Å². The van der Waals surface area contributed by atoms with Crippen LogP contribution in [0, 0.1) is 5.92 Å². The van der Waals surface area contributed by atoms with Gasteiger partial charge in [-0.2, -0.15) is 0 Å². The summed E-state index contributed by atoms with van der Waals surface area (Å²) in [5, 5.41) is 11.8. The molecule has 18 heavy (non-hydrogen) atoms. The smallest absolute Gasteiger partial charge is 0.371 e. The van der Waals surface area contributed by atoms with Crippen molar-refractivity contribution < 1.29 is 22.7 Å². The van der Waals surface area contributed by atoms with Gasteiger partial charge in [0.2, 0.25) is 5.76 Å². The molecular weight excluding hydrogens is 258 g/mol. The van der Waals surface area contributed by atoms with E-state index in [9.17, 15) is 13.2 Å². The summed E-state index contributed by atoms with van der Waals surface area (Å²) < 4.78 is 27.6. The van der Waals surface area contributed by atoms with Crippen molar-refractivity contribution in [2.45, 2.75) is 13.0 Å². The third-order valence-electron chi connectivity index (χ3n) is 2.93. The second kappa shape index (κ2) is 5.11. The van der Waals surface area contributed by atoms with Gasteiger partial charge in [0.1, 0.15) is 5.76 Å². The van der Waals surface area contributed by atoms with Crippen molar-refractivity contribution in [3.05, 3.63) is 23.7 Å². The Morgan fingerprint density at radius 3 is 2.83 bits per heavy atom. The number of aromatic carboxylic acids is 1. The van der Waals surface area contributed by atoms with E-state index in [1.165, 1.54) is 6.07 Å². The molecule has 0 radical (unpaired) electrons. The molecule has 1 saturated heterocycles. The molecule has 0 aromatic carbocycles. The molecule has 0 amide bonds. The number of nitrogens with one attached hydrogen (secondary N) is 1. The SMILES string of the molecule is O=C(O)c1ccc(CNCC2CCS(=O)(=O)C2)o1. The molecule has 1 aromatic heterocycles. The Hall–Kier alpha value is -1.34. The van der Waals surface area contributed by atoms with Gasteiger partial charge in [0.05, 0.1) is 18.1 Å². The van der Waals surface area contributed by atoms with Crippen molar-refractivity contribution in [3.8, 4) is 0 Å². The minimum atomic E-state index is -2.84. The predicted octanol–water partition coefficient (Wildman–Crippen LogP) is 0.502. The summed E-state index contributed by atoms with van der Waals surface area (Å²) in [6.45, 7) is 1.01. The van der Waals surface area contributed by atoms with Crippen LogP contribution in [-0.4, -0.2) is 37.5 Å². The van der Waals surface area contributed by atoms with Gasteiger partial charge in [-0.1, -0.05) is 0 Å². The van der Waals surface area contributed by atoms with E-state index in [0.29, 0.717) is 25.3 Å². The molecule has 6 nitrogen and oxygen atoms in total. The van der Waals surface area contributed by atoms with E-state index in [1.807, 2.05) is 0 Å². The maximum absolute atomic E-state index is 11.2. The van der Waals surface area contributed by atoms with Crippen molar-refractivity contribution in [2.24, 2.45) is 5.92 Å². The van der Waals surface area contributed by atoms with Crippen LogP contribution in [0.2, 0.25) is 0 Å². The second-order valence-corrected chi connectivity index (χ2v) is 6.70. The Labute approximate surface area is 105 Å². The zero-order chi connectivity index (χ0) is 13.2. The summed E-state index contributed by atoms with van der Waals surface area (Å²) in [6, 6.07) is 3.00. The van der Waals surface area contributed by atoms with Crippen LogP contribution < -0.4 is 5.32 Å². The van der Waals surface area contributed by atoms with Crippen LogP contribution in [0.15, 0.2) is 16.5 Å². The molecule has 0 aliphatic carbocycles. The van der Waals surface area contributed by atoms with E-state index in [0.717, 1.165) is 0 Å². The number of carbonyl (C=O) groups is 1. The molecule has 1 atom stereocenters. The van der Waals surface area contributed by atoms with Crippen LogP contribution in [0.1, 0.15) is 22.7 Å². The molecule has 0 spiro atoms. The van der Waals surface area contributed by atoms with Gasteiger partial charge in [-0.25, -0.2) is 13.2 Å². The maximum atomic E-state index is 11.2. The maximum Gasteiger partial charge on any atom is 0.371 e. The molecule has 1 unspecified atom stereocenters. The highest BCUT2D eigenvalue weighted by atomic mass is 32.2. The lowest BCUT2D eigenvalue weighted by Crippen LogP contribution is -2.23. The first-order chi connectivity index (χ1) is 8.46. The number of sulfone groups is 1. The van der Waals surface area contributed by atoms with Crippen LogP contribution >= 0.6 is 0 Å². The zero-order valence-corrected chi connectivity index (χ0v) is 10.6. The first-order valence-corrected chi connectivity index (χ1v) is 7.51. The van der Waals surface area contributed by atoms with Crippen molar-refractivity contribution in [3.63, 3.8) is 0 Å². The Morgan fingerprint density at radius 2 is 2.28 bits per heavy atom. The first-order valence-electron chi connectivity index (χ1n) is 5.69. The number of carboxylic acid groups (broad SMARTS) is 1. The minimum Gasteiger partial charge on any atom is -0.475 e. The standard InChI is InChI=1S/C11H15NO5S/c13-11(14)10-2-1-9(17-10)6-12-5-8-3-4-18(15,16)7-8/h1-2,8,12H,3-7H2,(H,13,14). The van der Waals surface area contributed by atoms with Gasteiger partial charge in [0.15, 0.2) is 9.84 Å². The van der Waals surface area contributed by atoms with E-state index in [4.69, 9.17) is 9.52 Å². The highest BCUT2D eigenvalue weighted by Crippen LogP contribution is 2.17. The van der Waals surface area contributed by atoms with E-state index in [1.54, 1.807) is 6.07 Å². The van der Waals surface area contributed by atoms with Crippen LogP contribution in [0.25, 0.3) is 0 Å². The van der Waals surface area contributed by atoms with Crippen LogP contribution in [0.3, 0.4) is 0 Å². The molecule has 100 valence electrons. The van der Waals surface area contributed by atoms with Crippen LogP contribution in [0.5, 0.6) is 0 Å². The van der Waals surface area contributed by atoms with Crippen molar-refractivity contribution >= 4 is 15.8 Å². The summed E-state index contributed by atoms with van der Waals surface area (Å²) in [5.41, 5.74) is 0. The van der Waals surface area contributed by atoms with Crippen LogP contribution in [-0.2, 0) is 16.4 Å². The Morgan fingerprint density at radius 1 is 1.50 bits per heavy atom. The molecule has 1 aromatic rings. The first kappa shape index (κ1) is 13.1. The van der Waals surface area contributed by atoms with Crippen molar-refractivity contribution in [1.82, 2.24) is 5.32 Å². The number of rotatable bonds is 5. The fourth-order valence-corrected chi connectivity index (χ4v) is 3.88. The monoisotopic (exact) mass is 273 g/mol. The average molecular weight is 273 g/mol. The van der Waals surface area contributed by atoms with Gasteiger partial charge in [-0.3, -0.25) is 0 Å². The Bertz CT molecular complexity index is 533. The van der Waals surface area contributed by atoms with E-state index >= 15 is 0 Å². The average Bonchev–Trinajstić information content (AvgIpc) is 2.86. The molecule has 1 aliphatic heterocycles. The normalized spacial score (nSPS) is 22.1. The van der Waals surface area contributed by atoms with Gasteiger partial charge in [0, 0.05) is 0 Å². The Kier molecular flexibility index (Phi) is 3.72. The lowest BCUT2D eigenvalue weighted by atomic mass is 10.1. The van der Waals surface area contributed by atoms with Crippen LogP contribution in [0.4, 0.5) is 0 Å². The lowest BCUT2D eigenvalue weighted by Gasteiger charge is -2.07. The fourth-order valence-electron chi connectivity index (χ4n) is 2.02. The van der Waals surface area contributed by atoms with Gasteiger partial charge in [-0.15, -0.1) is 0 Å². The highest BCUT2D eigenvalue weighted by Gasteiger charge is 2.27. The minimum absolute atomic E-state index is 0.0877. The predicted molar refractivity (Wildman–Crippen MR) is 64.1 cm³/mol. The molecular formula is C11H15NO5S. The van der Waals surface area contributed by atoms with Gasteiger partial charge < -0.3 is 14.8 Å². The summed E-state index contributed by atoms with van der Waals surface area (Å²) in [4.78, 5) is 10.6. The van der Waals surface area contributed by atoms with E-state index in [2.05, 4.69) is 5.32 Å². The topological polar surface area (TPSA) is 96.6 Å². The summed E-state index contributed by atoms with van der Waals surface area (Å²) in [5.74, 6) is -0.00235. The largest absolute Gasteiger partial charge is 0.475 e. The second-order valence-electron chi connectivity index (χ2n) is 4.47. The third kappa shape index (κ3) is 3.33. The Balaban J connectivity index is 1.77. The third-order valence-corrected chi connectivity index (χ3v) is 4.77. The molecule has 1 aliphatic rings. The number of carboxylic acids is 1. The molecule has 7 heteroatoms. The summed E-state index contributed by atoms with van der Waals surface area (Å²) in [7, 11) is -2.84. The molecule has 2 heterocycles. The number of hydrogen-bond donors (Lipinski definition) is 2. The summed E-state index contributed by atoms with van der Waals surface area (Å²) >= 11 is 0. The number of furan rings is 1. The van der Waals surface area contributed by atoms with E-state index in [-0.39, 0.29) is 23.2 Å². The number of hydrogen-bond acceptors (Lipinski definition) is 5. The highest BCUT2D eigenvalue weighted by molar-refractivity contribution is 7.91. The van der Waals surface area contributed by atoms with E-state index < -0.39 is 15.8 Å². The zero-order valence-electron chi connectivity index (χ0n) is 9.76. The van der Waals surface area contributed by atoms with Gasteiger partial charge >= 0.3 is 5.97 Å². The fraction of sp³-hybridized carbons (Fsp3) is 0.545. The molecule has 1 fully saturated rings. The lowest BCUT2D eigenvalue weighted by molar-refractivity contribution is 0.0660. The molecule has 0 bridgehead atoms. The molecule has 0 saturated carbocycles. The summed E-state index contributed by atoms with van der Waals surface area (Å²) in [6.07, 6.45) is 0.688. The van der Waals surface area contributed by atoms with Gasteiger partial charge in [0.25, 0.3) is 0 Å². The van der Waals surface area contributed by atoms with Crippen molar-refractivity contribution in [2.75, 3.05) is 18.1 Å². The molecule has 2 rings (SSSR count). The molecule has 2 N–H and O–H groups in total. The quantitative estimate of drug-likeness (QED) is 0.811. The van der Waals surface area contributed by atoms with Gasteiger partial charge in [-0.05, 0) is 31.0 Å².